The molecule has 9 heteroatoms. The lowest BCUT2D eigenvalue weighted by atomic mass is 10.1. The molecule has 1 saturated heterocycles. The van der Waals surface area contributed by atoms with E-state index in [1.165, 1.54) is 23.7 Å². The Morgan fingerprint density at radius 1 is 0.968 bits per heavy atom. The van der Waals surface area contributed by atoms with Crippen LogP contribution in [0.2, 0.25) is 0 Å². The van der Waals surface area contributed by atoms with Crippen molar-refractivity contribution in [3.05, 3.63) is 71.6 Å². The van der Waals surface area contributed by atoms with E-state index in [1.54, 1.807) is 24.4 Å². The zero-order valence-corrected chi connectivity index (χ0v) is 18.7. The van der Waals surface area contributed by atoms with E-state index >= 15 is 0 Å². The average Bonchev–Trinajstić information content (AvgIpc) is 2.77. The number of hydrogen-bond acceptors (Lipinski definition) is 6. The predicted molar refractivity (Wildman–Crippen MR) is 127 cm³/mol. The van der Waals surface area contributed by atoms with Gasteiger partial charge in [-0.15, -0.1) is 24.8 Å². The highest BCUT2D eigenvalue weighted by Gasteiger charge is 2.14. The first-order valence-electron chi connectivity index (χ1n) is 9.39. The van der Waals surface area contributed by atoms with Gasteiger partial charge in [-0.3, -0.25) is 19.8 Å². The number of hydrogen-bond donors (Lipinski definition) is 2. The Labute approximate surface area is 194 Å². The fourth-order valence-corrected chi connectivity index (χ4v) is 2.98. The number of pyridine rings is 1. The second-order valence-corrected chi connectivity index (χ2v) is 6.86. The second kappa shape index (κ2) is 12.9. The Hall–Kier alpha value is -2.71. The third-order valence-electron chi connectivity index (χ3n) is 4.77. The Bertz CT molecular complexity index is 907. The fourth-order valence-electron chi connectivity index (χ4n) is 2.98. The highest BCUT2D eigenvalue weighted by atomic mass is 35.5. The smallest absolute Gasteiger partial charge is 0.267 e. The first-order valence-corrected chi connectivity index (χ1v) is 9.39. The van der Waals surface area contributed by atoms with Crippen LogP contribution in [0.4, 0.5) is 5.69 Å². The molecule has 7 nitrogen and oxygen atoms in total. The molecule has 0 saturated carbocycles. The second-order valence-electron chi connectivity index (χ2n) is 6.86. The van der Waals surface area contributed by atoms with Gasteiger partial charge >= 0.3 is 0 Å². The molecule has 0 atom stereocenters. The summed E-state index contributed by atoms with van der Waals surface area (Å²) in [5, 5.41) is 8.45. The zero-order chi connectivity index (χ0) is 20.6. The normalized spacial score (nSPS) is 14.2. The molecule has 0 aliphatic carbocycles. The molecule has 31 heavy (non-hydrogen) atoms. The standard InChI is InChI=1S/C22H24N4O3.2ClH/c1-25-12-14-26(15-13-25)20-8-4-18(5-9-20)21(27)10-3-17-2-6-19(23-16-17)7-11-22(28)24-29;;/h2-11,16,29H,12-15H2,1H3,(H,24,28);2*1H. The van der Waals surface area contributed by atoms with E-state index in [4.69, 9.17) is 5.21 Å². The molecule has 0 spiro atoms. The SMILES string of the molecule is CN1CCN(c2ccc(C(=O)C=Cc3ccc(C=CC(=O)NO)nc3)cc2)CC1.Cl.Cl. The minimum atomic E-state index is -0.625. The number of likely N-dealkylation sites (N-methyl/N-ethyl adjacent to an activating group) is 1. The van der Waals surface area contributed by atoms with Crippen molar-refractivity contribution in [2.75, 3.05) is 38.1 Å². The van der Waals surface area contributed by atoms with Crippen LogP contribution in [0, 0.1) is 0 Å². The van der Waals surface area contributed by atoms with Gasteiger partial charge in [0, 0.05) is 49.7 Å². The number of nitrogens with zero attached hydrogens (tertiary/aromatic N) is 3. The van der Waals surface area contributed by atoms with E-state index in [9.17, 15) is 9.59 Å². The number of anilines is 1. The highest BCUT2D eigenvalue weighted by molar-refractivity contribution is 6.07. The van der Waals surface area contributed by atoms with Crippen molar-refractivity contribution in [1.29, 1.82) is 0 Å². The summed E-state index contributed by atoms with van der Waals surface area (Å²) in [5.74, 6) is -0.696. The van der Waals surface area contributed by atoms with Crippen LogP contribution in [0.25, 0.3) is 12.2 Å². The van der Waals surface area contributed by atoms with Crippen molar-refractivity contribution in [3.8, 4) is 0 Å². The number of aromatic nitrogens is 1. The minimum Gasteiger partial charge on any atom is -0.369 e. The molecule has 0 radical (unpaired) electrons. The molecule has 1 fully saturated rings. The van der Waals surface area contributed by atoms with E-state index in [0.29, 0.717) is 11.3 Å². The number of amides is 1. The summed E-state index contributed by atoms with van der Waals surface area (Å²) in [5.41, 5.74) is 4.63. The van der Waals surface area contributed by atoms with Gasteiger partial charge in [0.15, 0.2) is 5.78 Å². The average molecular weight is 465 g/mol. The number of ketones is 1. The number of piperazine rings is 1. The molecule has 2 heterocycles. The van der Waals surface area contributed by atoms with Crippen LogP contribution in [0.5, 0.6) is 0 Å². The van der Waals surface area contributed by atoms with E-state index in [1.807, 2.05) is 24.3 Å². The molecule has 3 rings (SSSR count). The first kappa shape index (κ1) is 26.3. The number of rotatable bonds is 6. The van der Waals surface area contributed by atoms with Crippen molar-refractivity contribution in [1.82, 2.24) is 15.4 Å². The van der Waals surface area contributed by atoms with Gasteiger partial charge in [-0.2, -0.15) is 0 Å². The van der Waals surface area contributed by atoms with E-state index in [-0.39, 0.29) is 30.6 Å². The van der Waals surface area contributed by atoms with Crippen LogP contribution in [0.1, 0.15) is 21.6 Å². The van der Waals surface area contributed by atoms with Crippen molar-refractivity contribution in [2.45, 2.75) is 0 Å². The molecule has 1 aliphatic rings. The number of hydroxylamine groups is 1. The lowest BCUT2D eigenvalue weighted by molar-refractivity contribution is -0.124. The van der Waals surface area contributed by atoms with Gasteiger partial charge in [-0.05, 0) is 61.2 Å². The molecule has 2 N–H and O–H groups in total. The van der Waals surface area contributed by atoms with Crippen molar-refractivity contribution < 1.29 is 14.8 Å². The van der Waals surface area contributed by atoms with Crippen LogP contribution in [0.3, 0.4) is 0 Å². The van der Waals surface area contributed by atoms with Gasteiger partial charge in [0.2, 0.25) is 0 Å². The topological polar surface area (TPSA) is 85.8 Å². The van der Waals surface area contributed by atoms with Gasteiger partial charge in [0.05, 0.1) is 5.69 Å². The maximum absolute atomic E-state index is 12.4. The number of carbonyl (C=O) groups is 2. The quantitative estimate of drug-likeness (QED) is 0.295. The number of benzene rings is 1. The summed E-state index contributed by atoms with van der Waals surface area (Å²) in [4.78, 5) is 32.2. The van der Waals surface area contributed by atoms with Gasteiger partial charge in [-0.1, -0.05) is 6.07 Å². The van der Waals surface area contributed by atoms with Crippen LogP contribution >= 0.6 is 24.8 Å². The summed E-state index contributed by atoms with van der Waals surface area (Å²) in [7, 11) is 2.13. The fraction of sp³-hybridized carbons (Fsp3) is 0.227. The summed E-state index contributed by atoms with van der Waals surface area (Å²) >= 11 is 0. The summed E-state index contributed by atoms with van der Waals surface area (Å²) in [6, 6.07) is 11.2. The maximum Gasteiger partial charge on any atom is 0.267 e. The number of carbonyl (C=O) groups excluding carboxylic acids is 2. The Kier molecular flexibility index (Phi) is 10.9. The molecule has 1 aromatic carbocycles. The number of allylic oxidation sites excluding steroid dienone is 1. The van der Waals surface area contributed by atoms with Crippen LogP contribution in [-0.4, -0.2) is 60.0 Å². The number of nitrogens with one attached hydrogen (secondary N) is 1. The van der Waals surface area contributed by atoms with Crippen LogP contribution < -0.4 is 10.4 Å². The monoisotopic (exact) mass is 464 g/mol. The lowest BCUT2D eigenvalue weighted by Crippen LogP contribution is -2.44. The molecule has 166 valence electrons. The molecule has 0 bridgehead atoms. The largest absolute Gasteiger partial charge is 0.369 e. The first-order chi connectivity index (χ1) is 14.0. The Morgan fingerprint density at radius 3 is 2.23 bits per heavy atom. The number of halogens is 2. The Morgan fingerprint density at radius 2 is 1.65 bits per heavy atom. The van der Waals surface area contributed by atoms with Crippen LogP contribution in [-0.2, 0) is 4.79 Å². The highest BCUT2D eigenvalue weighted by Crippen LogP contribution is 2.17. The van der Waals surface area contributed by atoms with E-state index < -0.39 is 5.91 Å². The molecular weight excluding hydrogens is 439 g/mol. The third-order valence-corrected chi connectivity index (χ3v) is 4.77. The molecule has 2 aromatic rings. The lowest BCUT2D eigenvalue weighted by Gasteiger charge is -2.34. The molecular formula is C22H26Cl2N4O3. The van der Waals surface area contributed by atoms with Gasteiger partial charge in [-0.25, -0.2) is 5.48 Å². The summed E-state index contributed by atoms with van der Waals surface area (Å²) in [6.07, 6.45) is 7.49. The van der Waals surface area contributed by atoms with Crippen molar-refractivity contribution in [2.24, 2.45) is 0 Å². The van der Waals surface area contributed by atoms with Gasteiger partial charge < -0.3 is 9.80 Å². The minimum absolute atomic E-state index is 0. The van der Waals surface area contributed by atoms with Crippen molar-refractivity contribution in [3.63, 3.8) is 0 Å². The molecule has 0 unspecified atom stereocenters. The van der Waals surface area contributed by atoms with E-state index in [2.05, 4.69) is 21.8 Å². The summed E-state index contributed by atoms with van der Waals surface area (Å²) in [6.45, 7) is 4.07. The maximum atomic E-state index is 12.4. The Balaban J connectivity index is 0.00000240. The van der Waals surface area contributed by atoms with Gasteiger partial charge in [0.25, 0.3) is 5.91 Å². The van der Waals surface area contributed by atoms with E-state index in [0.717, 1.165) is 37.4 Å². The summed E-state index contributed by atoms with van der Waals surface area (Å²) < 4.78 is 0. The zero-order valence-electron chi connectivity index (χ0n) is 17.1. The molecule has 1 aromatic heterocycles. The predicted octanol–water partition coefficient (Wildman–Crippen LogP) is 3.09. The van der Waals surface area contributed by atoms with Gasteiger partial charge in [0.1, 0.15) is 0 Å². The third kappa shape index (κ3) is 7.80. The van der Waals surface area contributed by atoms with Crippen LogP contribution in [0.15, 0.2) is 54.7 Å². The molecule has 1 amide bonds. The molecule has 1 aliphatic heterocycles. The van der Waals surface area contributed by atoms with Crippen molar-refractivity contribution >= 4 is 54.3 Å².